The van der Waals surface area contributed by atoms with Crippen LogP contribution in [0.1, 0.15) is 0 Å². The Labute approximate surface area is 135 Å². The third-order valence-corrected chi connectivity index (χ3v) is 4.43. The number of primary sulfonamides is 1. The second kappa shape index (κ2) is 6.41. The van der Waals surface area contributed by atoms with Crippen molar-refractivity contribution in [3.8, 4) is 0 Å². The van der Waals surface area contributed by atoms with Crippen LogP contribution >= 0.6 is 22.6 Å². The summed E-state index contributed by atoms with van der Waals surface area (Å²) in [5.41, 5.74) is 1.16. The highest BCUT2D eigenvalue weighted by atomic mass is 127. The van der Waals surface area contributed by atoms with Crippen LogP contribution in [0.25, 0.3) is 0 Å². The highest BCUT2D eigenvalue weighted by molar-refractivity contribution is 14.1. The molecule has 0 aliphatic carbocycles. The number of nitrogens with one attached hydrogen (secondary N) is 2. The van der Waals surface area contributed by atoms with Gasteiger partial charge in [0, 0.05) is 9.26 Å². The Morgan fingerprint density at radius 1 is 1.00 bits per heavy atom. The van der Waals surface area contributed by atoms with Crippen LogP contribution in [0.4, 0.5) is 16.2 Å². The topological polar surface area (TPSA) is 101 Å². The second-order valence-electron chi connectivity index (χ2n) is 4.13. The van der Waals surface area contributed by atoms with E-state index in [4.69, 9.17) is 5.14 Å². The third-order valence-electron chi connectivity index (χ3n) is 2.56. The molecule has 0 heterocycles. The Morgan fingerprint density at radius 2 is 1.62 bits per heavy atom. The van der Waals surface area contributed by atoms with Gasteiger partial charge >= 0.3 is 6.03 Å². The van der Waals surface area contributed by atoms with E-state index in [-0.39, 0.29) is 4.90 Å². The minimum atomic E-state index is -3.73. The number of benzene rings is 2. The fourth-order valence-corrected chi connectivity index (χ4v) is 2.61. The average Bonchev–Trinajstić information content (AvgIpc) is 2.41. The molecule has 2 aromatic rings. The smallest absolute Gasteiger partial charge is 0.308 e. The second-order valence-corrected chi connectivity index (χ2v) is 6.85. The van der Waals surface area contributed by atoms with E-state index in [1.54, 1.807) is 6.07 Å². The van der Waals surface area contributed by atoms with Crippen molar-refractivity contribution in [2.45, 2.75) is 4.90 Å². The van der Waals surface area contributed by atoms with E-state index >= 15 is 0 Å². The summed E-state index contributed by atoms with van der Waals surface area (Å²) in [5.74, 6) is 0. The first-order valence-corrected chi connectivity index (χ1v) is 8.44. The summed E-state index contributed by atoms with van der Waals surface area (Å²) in [6.07, 6.45) is 0. The zero-order valence-corrected chi connectivity index (χ0v) is 13.7. The van der Waals surface area contributed by atoms with E-state index in [1.807, 2.05) is 18.2 Å². The van der Waals surface area contributed by atoms with Crippen LogP contribution in [0.15, 0.2) is 53.4 Å². The summed E-state index contributed by atoms with van der Waals surface area (Å²) in [7, 11) is -3.73. The molecule has 0 spiro atoms. The number of urea groups is 1. The number of nitrogens with two attached hydrogens (primary N) is 1. The van der Waals surface area contributed by atoms with Crippen LogP contribution in [0.2, 0.25) is 0 Å². The van der Waals surface area contributed by atoms with E-state index in [0.717, 1.165) is 3.57 Å². The maximum absolute atomic E-state index is 11.8. The summed E-state index contributed by atoms with van der Waals surface area (Å²) >= 11 is 2.11. The number of rotatable bonds is 3. The van der Waals surface area contributed by atoms with E-state index in [2.05, 4.69) is 33.2 Å². The van der Waals surface area contributed by atoms with Gasteiger partial charge in [0.25, 0.3) is 0 Å². The van der Waals surface area contributed by atoms with Gasteiger partial charge in [-0.3, -0.25) is 0 Å². The van der Waals surface area contributed by atoms with Crippen LogP contribution in [-0.4, -0.2) is 14.4 Å². The molecule has 0 radical (unpaired) electrons. The first-order valence-electron chi connectivity index (χ1n) is 5.81. The van der Waals surface area contributed by atoms with Gasteiger partial charge in [-0.2, -0.15) is 0 Å². The molecular formula is C13H12IN3O3S. The van der Waals surface area contributed by atoms with Gasteiger partial charge in [-0.05, 0) is 59.0 Å². The minimum Gasteiger partial charge on any atom is -0.308 e. The first kappa shape index (κ1) is 15.7. The summed E-state index contributed by atoms with van der Waals surface area (Å²) < 4.78 is 23.2. The van der Waals surface area contributed by atoms with Crippen molar-refractivity contribution in [1.82, 2.24) is 0 Å². The van der Waals surface area contributed by atoms with Crippen molar-refractivity contribution in [2.24, 2.45) is 5.14 Å². The molecule has 0 fully saturated rings. The number of amides is 2. The number of anilines is 2. The lowest BCUT2D eigenvalue weighted by Crippen LogP contribution is -2.20. The van der Waals surface area contributed by atoms with E-state index in [9.17, 15) is 13.2 Å². The molecule has 4 N–H and O–H groups in total. The van der Waals surface area contributed by atoms with Gasteiger partial charge in [0.2, 0.25) is 10.0 Å². The lowest BCUT2D eigenvalue weighted by Gasteiger charge is -2.09. The minimum absolute atomic E-state index is 0.00827. The van der Waals surface area contributed by atoms with Crippen molar-refractivity contribution in [3.63, 3.8) is 0 Å². The molecule has 6 nitrogen and oxygen atoms in total. The molecule has 0 saturated carbocycles. The Balaban J connectivity index is 2.05. The molecule has 0 aliphatic heterocycles. The van der Waals surface area contributed by atoms with Gasteiger partial charge in [0.05, 0.1) is 10.6 Å². The van der Waals surface area contributed by atoms with Crippen molar-refractivity contribution < 1.29 is 13.2 Å². The van der Waals surface area contributed by atoms with E-state index in [1.165, 1.54) is 24.3 Å². The van der Waals surface area contributed by atoms with Crippen LogP contribution in [-0.2, 0) is 10.0 Å². The quantitative estimate of drug-likeness (QED) is 0.670. The van der Waals surface area contributed by atoms with Gasteiger partial charge < -0.3 is 10.6 Å². The fourth-order valence-electron chi connectivity index (χ4n) is 1.58. The summed E-state index contributed by atoms with van der Waals surface area (Å²) in [6.45, 7) is 0. The molecule has 110 valence electrons. The monoisotopic (exact) mass is 417 g/mol. The summed E-state index contributed by atoms with van der Waals surface area (Å²) in [4.78, 5) is 11.8. The highest BCUT2D eigenvalue weighted by Crippen LogP contribution is 2.18. The van der Waals surface area contributed by atoms with Gasteiger partial charge in [-0.1, -0.05) is 12.1 Å². The summed E-state index contributed by atoms with van der Waals surface area (Å²) in [5, 5.41) is 10.3. The molecule has 0 aromatic heterocycles. The Hall–Kier alpha value is -1.65. The lowest BCUT2D eigenvalue weighted by molar-refractivity contribution is 0.262. The van der Waals surface area contributed by atoms with Gasteiger partial charge in [-0.25, -0.2) is 18.4 Å². The SMILES string of the molecule is NS(=O)(=O)c1ccc(NC(=O)Nc2ccccc2I)cc1. The Kier molecular flexibility index (Phi) is 4.80. The number of carbonyl (C=O) groups excluding carboxylic acids is 1. The molecule has 0 bridgehead atoms. The number of hydrogen-bond donors (Lipinski definition) is 3. The van der Waals surface area contributed by atoms with Crippen molar-refractivity contribution in [2.75, 3.05) is 10.6 Å². The molecule has 2 aromatic carbocycles. The van der Waals surface area contributed by atoms with Crippen molar-refractivity contribution >= 4 is 50.0 Å². The number of sulfonamides is 1. The number of carbonyl (C=O) groups is 1. The molecule has 8 heteroatoms. The molecule has 0 unspecified atom stereocenters. The number of halogens is 1. The fraction of sp³-hybridized carbons (Fsp3) is 0. The Bertz CT molecular complexity index is 760. The van der Waals surface area contributed by atoms with E-state index in [0.29, 0.717) is 11.4 Å². The van der Waals surface area contributed by atoms with Crippen molar-refractivity contribution in [3.05, 3.63) is 52.1 Å². The normalized spacial score (nSPS) is 11.0. The van der Waals surface area contributed by atoms with Crippen LogP contribution in [0.3, 0.4) is 0 Å². The predicted molar refractivity (Wildman–Crippen MR) is 89.6 cm³/mol. The van der Waals surface area contributed by atoms with Gasteiger partial charge in [-0.15, -0.1) is 0 Å². The third kappa shape index (κ3) is 4.41. The number of para-hydroxylation sites is 1. The molecular weight excluding hydrogens is 405 g/mol. The van der Waals surface area contributed by atoms with Crippen molar-refractivity contribution in [1.29, 1.82) is 0 Å². The predicted octanol–water partition coefficient (Wildman–Crippen LogP) is 2.58. The molecule has 21 heavy (non-hydrogen) atoms. The molecule has 0 atom stereocenters. The van der Waals surface area contributed by atoms with Crippen LogP contribution < -0.4 is 15.8 Å². The first-order chi connectivity index (χ1) is 9.86. The van der Waals surface area contributed by atoms with Gasteiger partial charge in [0.15, 0.2) is 0 Å². The molecule has 2 amide bonds. The van der Waals surface area contributed by atoms with Crippen LogP contribution in [0.5, 0.6) is 0 Å². The molecule has 2 rings (SSSR count). The lowest BCUT2D eigenvalue weighted by atomic mass is 10.3. The number of hydrogen-bond acceptors (Lipinski definition) is 3. The van der Waals surface area contributed by atoms with Crippen LogP contribution in [0, 0.1) is 3.57 Å². The molecule has 0 aliphatic rings. The molecule has 0 saturated heterocycles. The van der Waals surface area contributed by atoms with Gasteiger partial charge in [0.1, 0.15) is 0 Å². The largest absolute Gasteiger partial charge is 0.323 e. The zero-order chi connectivity index (χ0) is 15.5. The standard InChI is InChI=1S/C13H12IN3O3S/c14-11-3-1-2-4-12(11)17-13(18)16-9-5-7-10(8-6-9)21(15,19)20/h1-8H,(H2,15,19,20)(H2,16,17,18). The average molecular weight is 417 g/mol. The maximum Gasteiger partial charge on any atom is 0.323 e. The highest BCUT2D eigenvalue weighted by Gasteiger charge is 2.08. The zero-order valence-electron chi connectivity index (χ0n) is 10.7. The van der Waals surface area contributed by atoms with E-state index < -0.39 is 16.1 Å². The summed E-state index contributed by atoms with van der Waals surface area (Å²) in [6, 6.07) is 12.5. The maximum atomic E-state index is 11.8. The Morgan fingerprint density at radius 3 is 2.19 bits per heavy atom.